The maximum Gasteiger partial charge on any atom is 0.255 e. The van der Waals surface area contributed by atoms with Gasteiger partial charge in [0, 0.05) is 22.3 Å². The first-order valence-corrected chi connectivity index (χ1v) is 9.64. The molecule has 0 saturated carbocycles. The van der Waals surface area contributed by atoms with E-state index < -0.39 is 0 Å². The quantitative estimate of drug-likeness (QED) is 0.767. The fourth-order valence-electron chi connectivity index (χ4n) is 3.34. The van der Waals surface area contributed by atoms with Crippen LogP contribution in [0.15, 0.2) is 40.9 Å². The number of benzene rings is 2. The number of hydrogen-bond acceptors (Lipinski definition) is 2. The number of halogens is 1. The second kappa shape index (κ2) is 7.71. The van der Waals surface area contributed by atoms with E-state index in [1.165, 1.54) is 23.1 Å². The second-order valence-electron chi connectivity index (χ2n) is 7.17. The highest BCUT2D eigenvalue weighted by Gasteiger charge is 2.14. The molecule has 132 valence electrons. The monoisotopic (exact) mass is 400 g/mol. The van der Waals surface area contributed by atoms with Gasteiger partial charge >= 0.3 is 0 Å². The summed E-state index contributed by atoms with van der Waals surface area (Å²) in [7, 11) is 2.15. The van der Waals surface area contributed by atoms with Crippen molar-refractivity contribution in [3.8, 4) is 0 Å². The first-order valence-electron chi connectivity index (χ1n) is 8.85. The van der Waals surface area contributed by atoms with Crippen LogP contribution in [0, 0.1) is 0 Å². The molecule has 0 spiro atoms. The van der Waals surface area contributed by atoms with Crippen LogP contribution in [0.4, 0.5) is 5.69 Å². The van der Waals surface area contributed by atoms with Gasteiger partial charge in [0.05, 0.1) is 0 Å². The Hall–Kier alpha value is -1.65. The standard InChI is InChI=1S/C21H25BrN2O/c1-14(2)19-9-7-16(12-20(19)22)21(25)23-18-8-6-15-5-4-10-24(3)13-17(15)11-18/h6-9,11-12,14H,4-5,10,13H2,1-3H3,(H,23,25). The third-order valence-electron chi connectivity index (χ3n) is 4.77. The van der Waals surface area contributed by atoms with Gasteiger partial charge in [-0.05, 0) is 73.3 Å². The van der Waals surface area contributed by atoms with Gasteiger partial charge in [-0.25, -0.2) is 0 Å². The van der Waals surface area contributed by atoms with Crippen molar-refractivity contribution < 1.29 is 4.79 Å². The smallest absolute Gasteiger partial charge is 0.255 e. The van der Waals surface area contributed by atoms with Crippen molar-refractivity contribution in [3.63, 3.8) is 0 Å². The summed E-state index contributed by atoms with van der Waals surface area (Å²) in [5.74, 6) is 0.353. The number of rotatable bonds is 3. The molecule has 2 aromatic carbocycles. The second-order valence-corrected chi connectivity index (χ2v) is 8.02. The van der Waals surface area contributed by atoms with Gasteiger partial charge in [-0.1, -0.05) is 41.9 Å². The minimum absolute atomic E-state index is 0.0714. The van der Waals surface area contributed by atoms with E-state index in [-0.39, 0.29) is 5.91 Å². The molecule has 1 aliphatic heterocycles. The Bertz CT molecular complexity index is 785. The van der Waals surface area contributed by atoms with Gasteiger partial charge in [0.15, 0.2) is 0 Å². The predicted octanol–water partition coefficient (Wildman–Crippen LogP) is 5.20. The third kappa shape index (κ3) is 4.31. The van der Waals surface area contributed by atoms with Crippen LogP contribution in [0.25, 0.3) is 0 Å². The number of fused-ring (bicyclic) bond motifs is 1. The summed E-state index contributed by atoms with van der Waals surface area (Å²) in [6, 6.07) is 12.1. The van der Waals surface area contributed by atoms with E-state index in [4.69, 9.17) is 0 Å². The molecule has 0 aromatic heterocycles. The van der Waals surface area contributed by atoms with E-state index in [1.807, 2.05) is 24.3 Å². The fourth-order valence-corrected chi connectivity index (χ4v) is 4.18. The Kier molecular flexibility index (Phi) is 5.60. The Labute approximate surface area is 158 Å². The van der Waals surface area contributed by atoms with Gasteiger partial charge in [0.25, 0.3) is 5.91 Å². The van der Waals surface area contributed by atoms with E-state index in [9.17, 15) is 4.79 Å². The number of carbonyl (C=O) groups excluding carboxylic acids is 1. The number of carbonyl (C=O) groups is 1. The van der Waals surface area contributed by atoms with E-state index in [1.54, 1.807) is 0 Å². The lowest BCUT2D eigenvalue weighted by Crippen LogP contribution is -2.17. The zero-order valence-corrected chi connectivity index (χ0v) is 16.7. The topological polar surface area (TPSA) is 32.3 Å². The normalized spacial score (nSPS) is 14.9. The van der Waals surface area contributed by atoms with E-state index in [0.717, 1.165) is 29.7 Å². The summed E-state index contributed by atoms with van der Waals surface area (Å²) in [6.45, 7) is 6.35. The molecule has 1 N–H and O–H groups in total. The van der Waals surface area contributed by atoms with Crippen molar-refractivity contribution >= 4 is 27.5 Å². The van der Waals surface area contributed by atoms with Crippen molar-refractivity contribution in [2.75, 3.05) is 18.9 Å². The van der Waals surface area contributed by atoms with Crippen molar-refractivity contribution in [3.05, 3.63) is 63.1 Å². The molecule has 1 aliphatic rings. The van der Waals surface area contributed by atoms with Crippen molar-refractivity contribution in [2.45, 2.75) is 39.2 Å². The predicted molar refractivity (Wildman–Crippen MR) is 107 cm³/mol. The maximum atomic E-state index is 12.6. The third-order valence-corrected chi connectivity index (χ3v) is 5.46. The molecule has 0 unspecified atom stereocenters. The molecule has 4 heteroatoms. The van der Waals surface area contributed by atoms with Gasteiger partial charge in [-0.2, -0.15) is 0 Å². The minimum Gasteiger partial charge on any atom is -0.322 e. The van der Waals surface area contributed by atoms with E-state index >= 15 is 0 Å². The number of hydrogen-bond donors (Lipinski definition) is 1. The summed E-state index contributed by atoms with van der Waals surface area (Å²) in [5.41, 5.74) is 5.46. The van der Waals surface area contributed by atoms with Crippen LogP contribution >= 0.6 is 15.9 Å². The van der Waals surface area contributed by atoms with Crippen LogP contribution in [-0.2, 0) is 13.0 Å². The largest absolute Gasteiger partial charge is 0.322 e. The van der Waals surface area contributed by atoms with Gasteiger partial charge in [-0.15, -0.1) is 0 Å². The Morgan fingerprint density at radius 2 is 1.96 bits per heavy atom. The lowest BCUT2D eigenvalue weighted by molar-refractivity contribution is 0.102. The lowest BCUT2D eigenvalue weighted by atomic mass is 10.0. The number of anilines is 1. The Balaban J connectivity index is 1.78. The first kappa shape index (κ1) is 18.2. The lowest BCUT2D eigenvalue weighted by Gasteiger charge is -2.15. The molecule has 0 aliphatic carbocycles. The highest BCUT2D eigenvalue weighted by molar-refractivity contribution is 9.10. The Morgan fingerprint density at radius 3 is 2.68 bits per heavy atom. The molecule has 3 nitrogen and oxygen atoms in total. The van der Waals surface area contributed by atoms with E-state index in [2.05, 4.69) is 59.2 Å². The van der Waals surface area contributed by atoms with Crippen LogP contribution in [-0.4, -0.2) is 24.4 Å². The summed E-state index contributed by atoms with van der Waals surface area (Å²) in [4.78, 5) is 14.9. The summed E-state index contributed by atoms with van der Waals surface area (Å²) >= 11 is 3.58. The van der Waals surface area contributed by atoms with Crippen LogP contribution in [0.1, 0.15) is 53.2 Å². The van der Waals surface area contributed by atoms with Gasteiger partial charge in [0.2, 0.25) is 0 Å². The average molecular weight is 401 g/mol. The average Bonchev–Trinajstić information content (AvgIpc) is 2.74. The van der Waals surface area contributed by atoms with Crippen molar-refractivity contribution in [1.29, 1.82) is 0 Å². The SMILES string of the molecule is CC(C)c1ccc(C(=O)Nc2ccc3c(c2)CN(C)CCC3)cc1Br. The highest BCUT2D eigenvalue weighted by Crippen LogP contribution is 2.26. The molecule has 0 atom stereocenters. The number of amides is 1. The van der Waals surface area contributed by atoms with E-state index in [0.29, 0.717) is 11.5 Å². The molecular weight excluding hydrogens is 376 g/mol. The van der Waals surface area contributed by atoms with Crippen LogP contribution in [0.3, 0.4) is 0 Å². The molecule has 0 saturated heterocycles. The number of nitrogens with one attached hydrogen (secondary N) is 1. The molecule has 3 rings (SSSR count). The molecule has 1 amide bonds. The van der Waals surface area contributed by atoms with Crippen molar-refractivity contribution in [1.82, 2.24) is 4.90 Å². The molecule has 0 bridgehead atoms. The molecule has 25 heavy (non-hydrogen) atoms. The number of aryl methyl sites for hydroxylation is 1. The summed E-state index contributed by atoms with van der Waals surface area (Å²) < 4.78 is 0.985. The first-order chi connectivity index (χ1) is 11.9. The van der Waals surface area contributed by atoms with Crippen LogP contribution in [0.5, 0.6) is 0 Å². The zero-order valence-electron chi connectivity index (χ0n) is 15.1. The fraction of sp³-hybridized carbons (Fsp3) is 0.381. The summed E-state index contributed by atoms with van der Waals surface area (Å²) in [6.07, 6.45) is 2.29. The highest BCUT2D eigenvalue weighted by atomic mass is 79.9. The van der Waals surface area contributed by atoms with Crippen molar-refractivity contribution in [2.24, 2.45) is 0 Å². The number of nitrogens with zero attached hydrogens (tertiary/aromatic N) is 1. The maximum absolute atomic E-state index is 12.6. The minimum atomic E-state index is -0.0714. The molecule has 2 aromatic rings. The van der Waals surface area contributed by atoms with Crippen LogP contribution in [0.2, 0.25) is 0 Å². The zero-order chi connectivity index (χ0) is 18.0. The molecular formula is C21H25BrN2O. The molecule has 0 fully saturated rings. The van der Waals surface area contributed by atoms with Gasteiger partial charge in [0.1, 0.15) is 0 Å². The molecule has 0 radical (unpaired) electrons. The van der Waals surface area contributed by atoms with Gasteiger partial charge < -0.3 is 10.2 Å². The van der Waals surface area contributed by atoms with Gasteiger partial charge in [-0.3, -0.25) is 4.79 Å². The Morgan fingerprint density at radius 1 is 1.16 bits per heavy atom. The molecule has 1 heterocycles. The summed E-state index contributed by atoms with van der Waals surface area (Å²) in [5, 5.41) is 3.04. The van der Waals surface area contributed by atoms with Crippen LogP contribution < -0.4 is 5.32 Å².